The van der Waals surface area contributed by atoms with E-state index in [4.69, 9.17) is 21.1 Å². The number of halogens is 1. The normalized spacial score (nSPS) is 15.1. The van der Waals surface area contributed by atoms with E-state index in [0.29, 0.717) is 31.2 Å². The van der Waals surface area contributed by atoms with Gasteiger partial charge in [-0.25, -0.2) is 4.79 Å². The Morgan fingerprint density at radius 3 is 2.30 bits per heavy atom. The third-order valence-corrected chi connectivity index (χ3v) is 5.62. The molecule has 1 fully saturated rings. The van der Waals surface area contributed by atoms with E-state index in [2.05, 4.69) is 0 Å². The third kappa shape index (κ3) is 5.80. The number of benzene rings is 2. The summed E-state index contributed by atoms with van der Waals surface area (Å²) in [4.78, 5) is 40.1. The zero-order chi connectivity index (χ0) is 24.0. The molecule has 1 atom stereocenters. The Hall–Kier alpha value is -3.17. The topological polar surface area (TPSA) is 102 Å². The predicted octanol–water partition coefficient (Wildman–Crippen LogP) is 3.71. The molecule has 1 saturated heterocycles. The Bertz CT molecular complexity index is 1010. The molecule has 2 aromatic rings. The number of nitro groups is 1. The molecule has 10 heteroatoms. The van der Waals surface area contributed by atoms with Crippen LogP contribution in [0.25, 0.3) is 0 Å². The van der Waals surface area contributed by atoms with Gasteiger partial charge in [-0.05, 0) is 43.7 Å². The van der Waals surface area contributed by atoms with Gasteiger partial charge < -0.3 is 14.4 Å². The van der Waals surface area contributed by atoms with Gasteiger partial charge in [0.05, 0.1) is 18.1 Å². The Balaban J connectivity index is 1.74. The van der Waals surface area contributed by atoms with E-state index in [9.17, 15) is 19.7 Å². The SMILES string of the molecule is CCOC(=O)C(c1ccc(Cl)cc1)N1CCN(C(=O)c2ccc(OCC)c([N+](=O)[O-])c2)CC1. The highest BCUT2D eigenvalue weighted by atomic mass is 35.5. The van der Waals surface area contributed by atoms with Crippen molar-refractivity contribution in [2.24, 2.45) is 0 Å². The summed E-state index contributed by atoms with van der Waals surface area (Å²) in [7, 11) is 0. The average Bonchev–Trinajstić information content (AvgIpc) is 2.81. The second-order valence-electron chi connectivity index (χ2n) is 7.41. The first-order valence-electron chi connectivity index (χ1n) is 10.7. The Morgan fingerprint density at radius 2 is 1.73 bits per heavy atom. The fourth-order valence-corrected chi connectivity index (χ4v) is 3.92. The highest BCUT2D eigenvalue weighted by Gasteiger charge is 2.33. The first-order valence-corrected chi connectivity index (χ1v) is 11.1. The molecule has 0 N–H and O–H groups in total. The lowest BCUT2D eigenvalue weighted by Gasteiger charge is -2.38. The average molecular weight is 476 g/mol. The Kier molecular flexibility index (Phi) is 8.24. The van der Waals surface area contributed by atoms with Crippen LogP contribution >= 0.6 is 11.6 Å². The highest BCUT2D eigenvalue weighted by molar-refractivity contribution is 6.30. The summed E-state index contributed by atoms with van der Waals surface area (Å²) in [6, 6.07) is 10.6. The van der Waals surface area contributed by atoms with Crippen LogP contribution in [0.2, 0.25) is 5.02 Å². The predicted molar refractivity (Wildman–Crippen MR) is 123 cm³/mol. The maximum Gasteiger partial charge on any atom is 0.328 e. The van der Waals surface area contributed by atoms with Crippen molar-refractivity contribution < 1.29 is 24.0 Å². The van der Waals surface area contributed by atoms with Crippen molar-refractivity contribution in [3.63, 3.8) is 0 Å². The largest absolute Gasteiger partial charge is 0.487 e. The molecule has 1 aliphatic heterocycles. The van der Waals surface area contributed by atoms with Crippen LogP contribution in [0.5, 0.6) is 5.75 Å². The van der Waals surface area contributed by atoms with Gasteiger partial charge in [-0.3, -0.25) is 19.8 Å². The maximum atomic E-state index is 13.0. The molecule has 9 nitrogen and oxygen atoms in total. The van der Waals surface area contributed by atoms with Gasteiger partial charge in [0.2, 0.25) is 0 Å². The number of hydrogen-bond acceptors (Lipinski definition) is 7. The van der Waals surface area contributed by atoms with Crippen molar-refractivity contribution in [3.8, 4) is 5.75 Å². The van der Waals surface area contributed by atoms with E-state index in [1.54, 1.807) is 43.0 Å². The summed E-state index contributed by atoms with van der Waals surface area (Å²) in [5.41, 5.74) is 0.740. The van der Waals surface area contributed by atoms with Crippen LogP contribution in [0.4, 0.5) is 5.69 Å². The number of nitro benzene ring substituents is 1. The maximum absolute atomic E-state index is 13.0. The van der Waals surface area contributed by atoms with Gasteiger partial charge >= 0.3 is 11.7 Å². The number of carbonyl (C=O) groups is 2. The van der Waals surface area contributed by atoms with Crippen LogP contribution in [0.1, 0.15) is 35.8 Å². The van der Waals surface area contributed by atoms with Gasteiger partial charge in [-0.1, -0.05) is 23.7 Å². The van der Waals surface area contributed by atoms with E-state index in [1.165, 1.54) is 18.2 Å². The van der Waals surface area contributed by atoms with Crippen molar-refractivity contribution >= 4 is 29.2 Å². The van der Waals surface area contributed by atoms with Crippen molar-refractivity contribution in [1.82, 2.24) is 9.80 Å². The standard InChI is InChI=1S/C23H26ClN3O6/c1-3-32-20-10-7-17(15-19(20)27(30)31)22(28)26-13-11-25(12-14-26)21(23(29)33-4-2)16-5-8-18(24)9-6-16/h5-10,15,21H,3-4,11-14H2,1-2H3. The van der Waals surface area contributed by atoms with Crippen LogP contribution in [-0.4, -0.2) is 66.0 Å². The summed E-state index contributed by atoms with van der Waals surface area (Å²) < 4.78 is 10.6. The number of carbonyl (C=O) groups excluding carboxylic acids is 2. The van der Waals surface area contributed by atoms with Crippen molar-refractivity contribution in [1.29, 1.82) is 0 Å². The molecule has 0 spiro atoms. The summed E-state index contributed by atoms with van der Waals surface area (Å²) in [5, 5.41) is 12.0. The van der Waals surface area contributed by atoms with Gasteiger partial charge in [0.1, 0.15) is 6.04 Å². The molecule has 33 heavy (non-hydrogen) atoms. The quantitative estimate of drug-likeness (QED) is 0.326. The molecule has 0 bridgehead atoms. The first kappa shape index (κ1) is 24.5. The fraction of sp³-hybridized carbons (Fsp3) is 0.391. The second kappa shape index (κ2) is 11.1. The molecule has 2 aromatic carbocycles. The zero-order valence-corrected chi connectivity index (χ0v) is 19.3. The van der Waals surface area contributed by atoms with Crippen molar-refractivity contribution in [3.05, 3.63) is 68.7 Å². The molecular weight excluding hydrogens is 450 g/mol. The molecule has 3 rings (SSSR count). The Morgan fingerprint density at radius 1 is 1.06 bits per heavy atom. The molecule has 0 radical (unpaired) electrons. The van der Waals surface area contributed by atoms with Crippen LogP contribution in [-0.2, 0) is 9.53 Å². The van der Waals surface area contributed by atoms with E-state index < -0.39 is 11.0 Å². The molecule has 0 aromatic heterocycles. The van der Waals surface area contributed by atoms with E-state index in [0.717, 1.165) is 5.56 Å². The number of amides is 1. The minimum atomic E-state index is -0.606. The molecule has 176 valence electrons. The van der Waals surface area contributed by atoms with Crippen molar-refractivity contribution in [2.45, 2.75) is 19.9 Å². The van der Waals surface area contributed by atoms with Gasteiger partial charge in [0.25, 0.3) is 5.91 Å². The van der Waals surface area contributed by atoms with Crippen LogP contribution in [0.3, 0.4) is 0 Å². The lowest BCUT2D eigenvalue weighted by Crippen LogP contribution is -2.51. The molecule has 1 amide bonds. The summed E-state index contributed by atoms with van der Waals surface area (Å²) in [5.74, 6) is -0.536. The van der Waals surface area contributed by atoms with Crippen LogP contribution < -0.4 is 4.74 Å². The van der Waals surface area contributed by atoms with Gasteiger partial charge in [-0.15, -0.1) is 0 Å². The van der Waals surface area contributed by atoms with Crippen LogP contribution in [0.15, 0.2) is 42.5 Å². The molecule has 0 aliphatic carbocycles. The number of rotatable bonds is 8. The fourth-order valence-electron chi connectivity index (χ4n) is 3.80. The minimum absolute atomic E-state index is 0.129. The smallest absolute Gasteiger partial charge is 0.328 e. The van der Waals surface area contributed by atoms with E-state index in [-0.39, 0.29) is 42.1 Å². The number of esters is 1. The van der Waals surface area contributed by atoms with Gasteiger partial charge in [0.15, 0.2) is 5.75 Å². The number of nitrogens with zero attached hydrogens (tertiary/aromatic N) is 3. The molecular formula is C23H26ClN3O6. The zero-order valence-electron chi connectivity index (χ0n) is 18.5. The molecule has 1 aliphatic rings. The van der Waals surface area contributed by atoms with Gasteiger partial charge in [0, 0.05) is 42.8 Å². The highest BCUT2D eigenvalue weighted by Crippen LogP contribution is 2.29. The first-order chi connectivity index (χ1) is 15.8. The van der Waals surface area contributed by atoms with Gasteiger partial charge in [-0.2, -0.15) is 0 Å². The second-order valence-corrected chi connectivity index (χ2v) is 7.84. The van der Waals surface area contributed by atoms with Crippen LogP contribution in [0, 0.1) is 10.1 Å². The van der Waals surface area contributed by atoms with Crippen molar-refractivity contribution in [2.75, 3.05) is 39.4 Å². The van der Waals surface area contributed by atoms with E-state index in [1.807, 2.05) is 4.90 Å². The monoisotopic (exact) mass is 475 g/mol. The van der Waals surface area contributed by atoms with E-state index >= 15 is 0 Å². The lowest BCUT2D eigenvalue weighted by atomic mass is 10.0. The summed E-state index contributed by atoms with van der Waals surface area (Å²) >= 11 is 5.99. The molecule has 0 saturated carbocycles. The number of piperazine rings is 1. The summed E-state index contributed by atoms with van der Waals surface area (Å²) in [6.07, 6.45) is 0. The molecule has 1 unspecified atom stereocenters. The molecule has 1 heterocycles. The summed E-state index contributed by atoms with van der Waals surface area (Å²) in [6.45, 7) is 5.64. The third-order valence-electron chi connectivity index (χ3n) is 5.36. The Labute approximate surface area is 197 Å². The minimum Gasteiger partial charge on any atom is -0.487 e. The lowest BCUT2D eigenvalue weighted by molar-refractivity contribution is -0.385. The number of hydrogen-bond donors (Lipinski definition) is 0. The number of ether oxygens (including phenoxy) is 2.